The molecular weight excluding hydrogens is 192 g/mol. The lowest BCUT2D eigenvalue weighted by Gasteiger charge is -1.95. The molecule has 5 heteroatoms. The third-order valence-electron chi connectivity index (χ3n) is 2.16. The lowest BCUT2D eigenvalue weighted by molar-refractivity contribution is 0.0974. The van der Waals surface area contributed by atoms with Crippen molar-refractivity contribution in [2.45, 2.75) is 12.8 Å². The number of Topliss-reactive ketones (excluding diaryl/α,β-unsaturated/α-hetero) is 1. The SMILES string of the molecule is Cn1cc(CCC(=O)c2ncc[nH]2)cn1. The highest BCUT2D eigenvalue weighted by Crippen LogP contribution is 2.04. The predicted molar refractivity (Wildman–Crippen MR) is 54.4 cm³/mol. The van der Waals surface area contributed by atoms with Crippen LogP contribution in [-0.2, 0) is 13.5 Å². The fourth-order valence-corrected chi connectivity index (χ4v) is 1.40. The van der Waals surface area contributed by atoms with Gasteiger partial charge in [0.2, 0.25) is 0 Å². The first-order chi connectivity index (χ1) is 7.25. The molecule has 0 unspecified atom stereocenters. The maximum absolute atomic E-state index is 11.6. The highest BCUT2D eigenvalue weighted by atomic mass is 16.1. The second-order valence-electron chi connectivity index (χ2n) is 3.38. The van der Waals surface area contributed by atoms with Crippen molar-refractivity contribution < 1.29 is 4.79 Å². The summed E-state index contributed by atoms with van der Waals surface area (Å²) < 4.78 is 1.73. The molecule has 2 aromatic rings. The van der Waals surface area contributed by atoms with Crippen LogP contribution >= 0.6 is 0 Å². The molecular formula is C10H12N4O. The van der Waals surface area contributed by atoms with Gasteiger partial charge < -0.3 is 4.98 Å². The first-order valence-electron chi connectivity index (χ1n) is 4.76. The lowest BCUT2D eigenvalue weighted by atomic mass is 10.1. The van der Waals surface area contributed by atoms with Crippen LogP contribution in [-0.4, -0.2) is 25.5 Å². The molecule has 1 N–H and O–H groups in total. The van der Waals surface area contributed by atoms with Crippen molar-refractivity contribution in [3.05, 3.63) is 36.2 Å². The molecule has 0 saturated heterocycles. The van der Waals surface area contributed by atoms with Crippen LogP contribution in [0.4, 0.5) is 0 Å². The van der Waals surface area contributed by atoms with E-state index in [1.54, 1.807) is 23.3 Å². The Kier molecular flexibility index (Phi) is 2.62. The number of hydrogen-bond acceptors (Lipinski definition) is 3. The van der Waals surface area contributed by atoms with Crippen LogP contribution in [0.1, 0.15) is 22.6 Å². The largest absolute Gasteiger partial charge is 0.342 e. The summed E-state index contributed by atoms with van der Waals surface area (Å²) in [4.78, 5) is 18.3. The maximum Gasteiger partial charge on any atom is 0.198 e. The predicted octanol–water partition coefficient (Wildman–Crippen LogP) is 0.959. The fraction of sp³-hybridized carbons (Fsp3) is 0.300. The number of imidazole rings is 1. The normalized spacial score (nSPS) is 10.5. The van der Waals surface area contributed by atoms with Crippen LogP contribution in [0.2, 0.25) is 0 Å². The van der Waals surface area contributed by atoms with E-state index in [1.807, 2.05) is 13.2 Å². The molecule has 0 aliphatic heterocycles. The average Bonchev–Trinajstić information content (AvgIpc) is 2.84. The molecule has 2 aromatic heterocycles. The Morgan fingerprint density at radius 3 is 3.07 bits per heavy atom. The average molecular weight is 204 g/mol. The van der Waals surface area contributed by atoms with Crippen molar-refractivity contribution in [1.82, 2.24) is 19.7 Å². The molecule has 0 fully saturated rings. The van der Waals surface area contributed by atoms with Gasteiger partial charge >= 0.3 is 0 Å². The molecule has 0 saturated carbocycles. The molecule has 0 aromatic carbocycles. The van der Waals surface area contributed by atoms with Gasteiger partial charge in [0.05, 0.1) is 6.20 Å². The minimum atomic E-state index is 0.0313. The van der Waals surface area contributed by atoms with Crippen LogP contribution < -0.4 is 0 Å². The van der Waals surface area contributed by atoms with E-state index in [-0.39, 0.29) is 5.78 Å². The van der Waals surface area contributed by atoms with Gasteiger partial charge in [-0.2, -0.15) is 5.10 Å². The van der Waals surface area contributed by atoms with Gasteiger partial charge in [-0.1, -0.05) is 0 Å². The number of aromatic amines is 1. The number of hydrogen-bond donors (Lipinski definition) is 1. The van der Waals surface area contributed by atoms with Gasteiger partial charge in [0, 0.05) is 32.1 Å². The summed E-state index contributed by atoms with van der Waals surface area (Å²) in [6, 6.07) is 0. The molecule has 0 amide bonds. The number of nitrogens with one attached hydrogen (secondary N) is 1. The summed E-state index contributed by atoms with van der Waals surface area (Å²) in [5, 5.41) is 4.04. The van der Waals surface area contributed by atoms with Gasteiger partial charge in [-0.3, -0.25) is 9.48 Å². The van der Waals surface area contributed by atoms with Crippen molar-refractivity contribution in [2.75, 3.05) is 0 Å². The molecule has 15 heavy (non-hydrogen) atoms. The number of aryl methyl sites for hydroxylation is 2. The third-order valence-corrected chi connectivity index (χ3v) is 2.16. The number of nitrogens with zero attached hydrogens (tertiary/aromatic N) is 3. The molecule has 0 spiro atoms. The van der Waals surface area contributed by atoms with E-state index < -0.39 is 0 Å². The van der Waals surface area contributed by atoms with Gasteiger partial charge in [0.15, 0.2) is 11.6 Å². The molecule has 2 rings (SSSR count). The van der Waals surface area contributed by atoms with Gasteiger partial charge in [-0.25, -0.2) is 4.98 Å². The van der Waals surface area contributed by atoms with E-state index in [9.17, 15) is 4.79 Å². The smallest absolute Gasteiger partial charge is 0.198 e. The van der Waals surface area contributed by atoms with E-state index in [2.05, 4.69) is 15.1 Å². The van der Waals surface area contributed by atoms with Crippen LogP contribution in [0.25, 0.3) is 0 Å². The molecule has 0 radical (unpaired) electrons. The van der Waals surface area contributed by atoms with E-state index in [4.69, 9.17) is 0 Å². The van der Waals surface area contributed by atoms with Crippen LogP contribution in [0.5, 0.6) is 0 Å². The second-order valence-corrected chi connectivity index (χ2v) is 3.38. The molecule has 0 aliphatic carbocycles. The van der Waals surface area contributed by atoms with Gasteiger partial charge in [-0.05, 0) is 12.0 Å². The quantitative estimate of drug-likeness (QED) is 0.754. The Balaban J connectivity index is 1.91. The van der Waals surface area contributed by atoms with E-state index in [1.165, 1.54) is 0 Å². The Hall–Kier alpha value is -1.91. The first kappa shape index (κ1) is 9.64. The first-order valence-corrected chi connectivity index (χ1v) is 4.76. The minimum absolute atomic E-state index is 0.0313. The highest BCUT2D eigenvalue weighted by molar-refractivity contribution is 5.92. The number of H-pyrrole nitrogens is 1. The standard InChI is InChI=1S/C10H12N4O/c1-14-7-8(6-13-14)2-3-9(15)10-11-4-5-12-10/h4-7H,2-3H2,1H3,(H,11,12). The Morgan fingerprint density at radius 2 is 2.47 bits per heavy atom. The number of carbonyl (C=O) groups excluding carboxylic acids is 1. The van der Waals surface area contributed by atoms with Crippen LogP contribution in [0.3, 0.4) is 0 Å². The van der Waals surface area contributed by atoms with Gasteiger partial charge in [0.1, 0.15) is 0 Å². The summed E-state index contributed by atoms with van der Waals surface area (Å²) in [5.41, 5.74) is 1.07. The third kappa shape index (κ3) is 2.31. The number of aromatic nitrogens is 4. The molecule has 2 heterocycles. The summed E-state index contributed by atoms with van der Waals surface area (Å²) in [5.74, 6) is 0.461. The zero-order valence-electron chi connectivity index (χ0n) is 8.47. The maximum atomic E-state index is 11.6. The van der Waals surface area contributed by atoms with Crippen LogP contribution in [0, 0.1) is 0 Å². The van der Waals surface area contributed by atoms with Crippen LogP contribution in [0.15, 0.2) is 24.8 Å². The van der Waals surface area contributed by atoms with Crippen molar-refractivity contribution in [2.24, 2.45) is 7.05 Å². The Bertz CT molecular complexity index is 444. The van der Waals surface area contributed by atoms with Gasteiger partial charge in [0.25, 0.3) is 0 Å². The van der Waals surface area contributed by atoms with E-state index >= 15 is 0 Å². The molecule has 0 aliphatic rings. The topological polar surface area (TPSA) is 63.6 Å². The molecule has 0 bridgehead atoms. The van der Waals surface area contributed by atoms with E-state index in [0.29, 0.717) is 18.7 Å². The molecule has 78 valence electrons. The van der Waals surface area contributed by atoms with Gasteiger partial charge in [-0.15, -0.1) is 0 Å². The summed E-state index contributed by atoms with van der Waals surface area (Å²) in [6.07, 6.45) is 8.08. The van der Waals surface area contributed by atoms with Crippen molar-refractivity contribution in [3.8, 4) is 0 Å². The zero-order valence-corrected chi connectivity index (χ0v) is 8.47. The molecule has 5 nitrogen and oxygen atoms in total. The minimum Gasteiger partial charge on any atom is -0.342 e. The second kappa shape index (κ2) is 4.08. The fourth-order valence-electron chi connectivity index (χ4n) is 1.40. The number of carbonyl (C=O) groups is 1. The molecule has 0 atom stereocenters. The van der Waals surface area contributed by atoms with Crippen molar-refractivity contribution in [3.63, 3.8) is 0 Å². The zero-order chi connectivity index (χ0) is 10.7. The summed E-state index contributed by atoms with van der Waals surface area (Å²) in [6.45, 7) is 0. The summed E-state index contributed by atoms with van der Waals surface area (Å²) in [7, 11) is 1.86. The Morgan fingerprint density at radius 1 is 1.60 bits per heavy atom. The van der Waals surface area contributed by atoms with Crippen molar-refractivity contribution >= 4 is 5.78 Å². The monoisotopic (exact) mass is 204 g/mol. The lowest BCUT2D eigenvalue weighted by Crippen LogP contribution is -2.02. The van der Waals surface area contributed by atoms with Crippen molar-refractivity contribution in [1.29, 1.82) is 0 Å². The number of rotatable bonds is 4. The summed E-state index contributed by atoms with van der Waals surface area (Å²) >= 11 is 0. The number of ketones is 1. The van der Waals surface area contributed by atoms with E-state index in [0.717, 1.165) is 5.56 Å². The highest BCUT2D eigenvalue weighted by Gasteiger charge is 2.08. The Labute approximate surface area is 87.1 Å².